The molecule has 0 fully saturated rings. The van der Waals surface area contributed by atoms with Gasteiger partial charge in [0.1, 0.15) is 5.01 Å². The van der Waals surface area contributed by atoms with Gasteiger partial charge in [-0.3, -0.25) is 9.59 Å². The lowest BCUT2D eigenvalue weighted by Gasteiger charge is -2.10. The van der Waals surface area contributed by atoms with Gasteiger partial charge in [0.25, 0.3) is 0 Å². The fourth-order valence-corrected chi connectivity index (χ4v) is 4.02. The number of aromatic nitrogens is 1. The first-order valence-electron chi connectivity index (χ1n) is 9.75. The molecule has 7 nitrogen and oxygen atoms in total. The Bertz CT molecular complexity index is 1080. The van der Waals surface area contributed by atoms with E-state index in [4.69, 9.17) is 9.47 Å². The molecule has 0 spiro atoms. The second-order valence-electron chi connectivity index (χ2n) is 6.92. The summed E-state index contributed by atoms with van der Waals surface area (Å²) >= 11 is 1.60. The molecule has 162 valence electrons. The summed E-state index contributed by atoms with van der Waals surface area (Å²) in [6.45, 7) is 4.34. The summed E-state index contributed by atoms with van der Waals surface area (Å²) in [5, 5.41) is 6.17. The van der Waals surface area contributed by atoms with Gasteiger partial charge in [-0.1, -0.05) is 29.8 Å². The summed E-state index contributed by atoms with van der Waals surface area (Å²) in [5.41, 5.74) is 3.65. The monoisotopic (exact) mass is 439 g/mol. The molecule has 2 aromatic carbocycles. The maximum absolute atomic E-state index is 12.2. The van der Waals surface area contributed by atoms with E-state index in [1.807, 2.05) is 13.8 Å². The Balaban J connectivity index is 1.54. The van der Waals surface area contributed by atoms with Crippen LogP contribution in [-0.2, 0) is 16.0 Å². The van der Waals surface area contributed by atoms with E-state index in [-0.39, 0.29) is 0 Å². The topological polar surface area (TPSA) is 89.5 Å². The number of thiazole rings is 1. The zero-order valence-electron chi connectivity index (χ0n) is 17.9. The van der Waals surface area contributed by atoms with E-state index in [9.17, 15) is 9.59 Å². The van der Waals surface area contributed by atoms with Gasteiger partial charge in [0.15, 0.2) is 11.5 Å². The van der Waals surface area contributed by atoms with Crippen LogP contribution in [0.1, 0.15) is 16.1 Å². The molecule has 0 unspecified atom stereocenters. The van der Waals surface area contributed by atoms with Crippen molar-refractivity contribution in [3.8, 4) is 22.1 Å². The van der Waals surface area contributed by atoms with E-state index < -0.39 is 11.8 Å². The summed E-state index contributed by atoms with van der Waals surface area (Å²) < 4.78 is 10.4. The molecule has 0 radical (unpaired) electrons. The summed E-state index contributed by atoms with van der Waals surface area (Å²) in [5.74, 6) is -0.440. The van der Waals surface area contributed by atoms with Gasteiger partial charge < -0.3 is 20.1 Å². The Morgan fingerprint density at radius 3 is 2.35 bits per heavy atom. The SMILES string of the molecule is COc1ccc(NC(=O)C(=O)NCCc2sc(-c3ccc(C)cc3)nc2C)cc1OC. The molecular weight excluding hydrogens is 414 g/mol. The van der Waals surface area contributed by atoms with Crippen molar-refractivity contribution in [2.24, 2.45) is 0 Å². The Morgan fingerprint density at radius 1 is 0.968 bits per heavy atom. The largest absolute Gasteiger partial charge is 0.493 e. The van der Waals surface area contributed by atoms with E-state index in [0.29, 0.717) is 30.2 Å². The molecule has 2 amide bonds. The van der Waals surface area contributed by atoms with Gasteiger partial charge in [0.2, 0.25) is 0 Å². The van der Waals surface area contributed by atoms with Crippen molar-refractivity contribution in [2.75, 3.05) is 26.1 Å². The van der Waals surface area contributed by atoms with Gasteiger partial charge in [-0.05, 0) is 26.0 Å². The molecule has 0 atom stereocenters. The Labute approximate surface area is 185 Å². The fourth-order valence-electron chi connectivity index (χ4n) is 2.95. The molecule has 3 rings (SSSR count). The number of aryl methyl sites for hydroxylation is 2. The van der Waals surface area contributed by atoms with Crippen LogP contribution in [0.15, 0.2) is 42.5 Å². The number of amides is 2. The second kappa shape index (κ2) is 10.1. The zero-order chi connectivity index (χ0) is 22.4. The molecule has 2 N–H and O–H groups in total. The normalized spacial score (nSPS) is 10.5. The van der Waals surface area contributed by atoms with Crippen molar-refractivity contribution in [2.45, 2.75) is 20.3 Å². The van der Waals surface area contributed by atoms with Crippen LogP contribution in [0.25, 0.3) is 10.6 Å². The Hall–Kier alpha value is -3.39. The molecule has 31 heavy (non-hydrogen) atoms. The van der Waals surface area contributed by atoms with Crippen LogP contribution in [0.3, 0.4) is 0 Å². The van der Waals surface area contributed by atoms with Crippen LogP contribution in [-0.4, -0.2) is 37.6 Å². The van der Waals surface area contributed by atoms with E-state index in [1.54, 1.807) is 29.5 Å². The van der Waals surface area contributed by atoms with Gasteiger partial charge in [-0.25, -0.2) is 4.98 Å². The average molecular weight is 440 g/mol. The molecule has 0 saturated heterocycles. The standard InChI is InChI=1S/C23H25N3O4S/c1-14-5-7-16(8-6-14)23-25-15(2)20(31-23)11-12-24-21(27)22(28)26-17-9-10-18(29-3)19(13-17)30-4/h5-10,13H,11-12H2,1-4H3,(H,24,27)(H,26,28). The van der Waals surface area contributed by atoms with E-state index in [0.717, 1.165) is 21.1 Å². The van der Waals surface area contributed by atoms with Crippen molar-refractivity contribution >= 4 is 28.8 Å². The molecule has 1 aromatic heterocycles. The third kappa shape index (κ3) is 5.61. The number of anilines is 1. The molecule has 0 aliphatic heterocycles. The van der Waals surface area contributed by atoms with Crippen LogP contribution >= 0.6 is 11.3 Å². The third-order valence-electron chi connectivity index (χ3n) is 4.68. The Morgan fingerprint density at radius 2 is 1.68 bits per heavy atom. The van der Waals surface area contributed by atoms with Crippen LogP contribution < -0.4 is 20.1 Å². The number of hydrogen-bond acceptors (Lipinski definition) is 6. The number of benzene rings is 2. The molecule has 3 aromatic rings. The summed E-state index contributed by atoms with van der Waals surface area (Å²) in [6.07, 6.45) is 0.602. The molecule has 0 aliphatic rings. The highest BCUT2D eigenvalue weighted by Gasteiger charge is 2.16. The number of carbonyl (C=O) groups is 2. The van der Waals surface area contributed by atoms with E-state index in [2.05, 4.69) is 39.9 Å². The minimum absolute atomic E-state index is 0.342. The van der Waals surface area contributed by atoms with Gasteiger partial charge in [-0.2, -0.15) is 0 Å². The number of ether oxygens (including phenoxy) is 2. The molecule has 0 bridgehead atoms. The van der Waals surface area contributed by atoms with Gasteiger partial charge >= 0.3 is 11.8 Å². The van der Waals surface area contributed by atoms with Crippen LogP contribution in [0.5, 0.6) is 11.5 Å². The predicted octanol–water partition coefficient (Wildman–Crippen LogP) is 3.74. The molecule has 0 aliphatic carbocycles. The molecule has 8 heteroatoms. The van der Waals surface area contributed by atoms with Gasteiger partial charge in [0, 0.05) is 35.2 Å². The maximum atomic E-state index is 12.2. The van der Waals surface area contributed by atoms with Crippen molar-refractivity contribution in [3.05, 3.63) is 58.6 Å². The number of rotatable bonds is 7. The predicted molar refractivity (Wildman–Crippen MR) is 122 cm³/mol. The van der Waals surface area contributed by atoms with Crippen LogP contribution in [0.2, 0.25) is 0 Å². The van der Waals surface area contributed by atoms with Crippen molar-refractivity contribution in [1.29, 1.82) is 0 Å². The number of methoxy groups -OCH3 is 2. The summed E-state index contributed by atoms with van der Waals surface area (Å²) in [4.78, 5) is 30.1. The first-order chi connectivity index (χ1) is 14.9. The molecule has 0 saturated carbocycles. The Kier molecular flexibility index (Phi) is 7.25. The maximum Gasteiger partial charge on any atom is 0.313 e. The first-order valence-corrected chi connectivity index (χ1v) is 10.6. The van der Waals surface area contributed by atoms with Crippen LogP contribution in [0.4, 0.5) is 5.69 Å². The van der Waals surface area contributed by atoms with Crippen molar-refractivity contribution in [1.82, 2.24) is 10.3 Å². The van der Waals surface area contributed by atoms with Gasteiger partial charge in [0.05, 0.1) is 19.9 Å². The second-order valence-corrected chi connectivity index (χ2v) is 8.01. The third-order valence-corrected chi connectivity index (χ3v) is 5.94. The fraction of sp³-hybridized carbons (Fsp3) is 0.261. The van der Waals surface area contributed by atoms with Crippen molar-refractivity contribution in [3.63, 3.8) is 0 Å². The minimum Gasteiger partial charge on any atom is -0.493 e. The summed E-state index contributed by atoms with van der Waals surface area (Å²) in [7, 11) is 3.03. The molecular formula is C23H25N3O4S. The lowest BCUT2D eigenvalue weighted by atomic mass is 10.2. The highest BCUT2D eigenvalue weighted by Crippen LogP contribution is 2.30. The summed E-state index contributed by atoms with van der Waals surface area (Å²) in [6, 6.07) is 13.1. The number of nitrogens with zero attached hydrogens (tertiary/aromatic N) is 1. The quantitative estimate of drug-likeness (QED) is 0.548. The lowest BCUT2D eigenvalue weighted by molar-refractivity contribution is -0.136. The van der Waals surface area contributed by atoms with Crippen LogP contribution in [0, 0.1) is 13.8 Å². The highest BCUT2D eigenvalue weighted by molar-refractivity contribution is 7.15. The highest BCUT2D eigenvalue weighted by atomic mass is 32.1. The number of nitrogens with one attached hydrogen (secondary N) is 2. The van der Waals surface area contributed by atoms with E-state index in [1.165, 1.54) is 19.8 Å². The molecule has 1 heterocycles. The average Bonchev–Trinajstić information content (AvgIpc) is 3.14. The zero-order valence-corrected chi connectivity index (χ0v) is 18.8. The van der Waals surface area contributed by atoms with E-state index >= 15 is 0 Å². The smallest absolute Gasteiger partial charge is 0.313 e. The number of carbonyl (C=O) groups excluding carboxylic acids is 2. The van der Waals surface area contributed by atoms with Crippen molar-refractivity contribution < 1.29 is 19.1 Å². The minimum atomic E-state index is -0.742. The van der Waals surface area contributed by atoms with Gasteiger partial charge in [-0.15, -0.1) is 11.3 Å². The first kappa shape index (κ1) is 22.3. The lowest BCUT2D eigenvalue weighted by Crippen LogP contribution is -2.36. The number of hydrogen-bond donors (Lipinski definition) is 2.